The highest BCUT2D eigenvalue weighted by atomic mass is 16.5. The summed E-state index contributed by atoms with van der Waals surface area (Å²) in [6, 6.07) is 10.4. The van der Waals surface area contributed by atoms with Crippen molar-refractivity contribution in [1.82, 2.24) is 14.7 Å². The van der Waals surface area contributed by atoms with Gasteiger partial charge in [0.1, 0.15) is 5.82 Å². The molecule has 0 saturated carbocycles. The first-order chi connectivity index (χ1) is 12.0. The van der Waals surface area contributed by atoms with Crippen LogP contribution in [0.1, 0.15) is 23.2 Å². The van der Waals surface area contributed by atoms with Crippen molar-refractivity contribution in [1.29, 1.82) is 0 Å². The Morgan fingerprint density at radius 1 is 1.32 bits per heavy atom. The van der Waals surface area contributed by atoms with E-state index in [-0.39, 0.29) is 12.0 Å². The molecule has 6 nitrogen and oxygen atoms in total. The molecule has 1 aromatic heterocycles. The minimum atomic E-state index is -0.0768. The molecule has 0 spiro atoms. The first-order valence-electron chi connectivity index (χ1n) is 8.71. The third-order valence-corrected chi connectivity index (χ3v) is 4.66. The Labute approximate surface area is 148 Å². The van der Waals surface area contributed by atoms with Crippen LogP contribution in [-0.2, 0) is 23.1 Å². The summed E-state index contributed by atoms with van der Waals surface area (Å²) in [5.74, 6) is 0.733. The summed E-state index contributed by atoms with van der Waals surface area (Å²) in [7, 11) is 1.84. The van der Waals surface area contributed by atoms with E-state index in [1.165, 1.54) is 5.56 Å². The molecule has 0 radical (unpaired) electrons. The van der Waals surface area contributed by atoms with Crippen molar-refractivity contribution < 1.29 is 9.53 Å². The van der Waals surface area contributed by atoms with Crippen LogP contribution in [0.3, 0.4) is 0 Å². The molecule has 1 aromatic carbocycles. The van der Waals surface area contributed by atoms with Gasteiger partial charge in [-0.25, -0.2) is 0 Å². The number of anilines is 1. The normalized spacial score (nSPS) is 18.3. The van der Waals surface area contributed by atoms with Crippen LogP contribution >= 0.6 is 0 Å². The number of morpholine rings is 1. The van der Waals surface area contributed by atoms with Gasteiger partial charge in [-0.3, -0.25) is 14.4 Å². The Morgan fingerprint density at radius 3 is 2.76 bits per heavy atom. The minimum Gasteiger partial charge on any atom is -0.375 e. The topological polar surface area (TPSA) is 59.4 Å². The number of nitrogens with one attached hydrogen (secondary N) is 1. The number of aryl methyl sites for hydroxylation is 2. The van der Waals surface area contributed by atoms with Crippen LogP contribution in [0.4, 0.5) is 5.82 Å². The molecule has 6 heteroatoms. The summed E-state index contributed by atoms with van der Waals surface area (Å²) in [6.07, 6.45) is 0.279. The molecule has 3 rings (SSSR count). The van der Waals surface area contributed by atoms with E-state index in [1.807, 2.05) is 27.0 Å². The number of rotatable bonds is 5. The first kappa shape index (κ1) is 17.6. The van der Waals surface area contributed by atoms with Crippen molar-refractivity contribution in [3.63, 3.8) is 0 Å². The number of carbonyl (C=O) groups excluding carboxylic acids is 1. The smallest absolute Gasteiger partial charge is 0.228 e. The van der Waals surface area contributed by atoms with E-state index in [2.05, 4.69) is 39.6 Å². The fraction of sp³-hybridized carbons (Fsp3) is 0.474. The quantitative estimate of drug-likeness (QED) is 0.905. The predicted molar refractivity (Wildman–Crippen MR) is 97.4 cm³/mol. The van der Waals surface area contributed by atoms with Gasteiger partial charge in [0.25, 0.3) is 0 Å². The summed E-state index contributed by atoms with van der Waals surface area (Å²) in [5.41, 5.74) is 3.22. The summed E-state index contributed by atoms with van der Waals surface area (Å²) in [6.45, 7) is 7.13. The monoisotopic (exact) mass is 342 g/mol. The zero-order chi connectivity index (χ0) is 17.8. The second-order valence-electron chi connectivity index (χ2n) is 6.65. The molecule has 0 bridgehead atoms. The average molecular weight is 342 g/mol. The van der Waals surface area contributed by atoms with Crippen LogP contribution in [0.5, 0.6) is 0 Å². The largest absolute Gasteiger partial charge is 0.375 e. The lowest BCUT2D eigenvalue weighted by molar-refractivity contribution is -0.121. The summed E-state index contributed by atoms with van der Waals surface area (Å²) in [4.78, 5) is 14.8. The van der Waals surface area contributed by atoms with Crippen molar-refractivity contribution in [2.24, 2.45) is 7.05 Å². The molecule has 1 N–H and O–H groups in total. The number of amides is 1. The highest BCUT2D eigenvalue weighted by Crippen LogP contribution is 2.18. The standard InChI is InChI=1S/C19H26N4O2/c1-14-15(2)21-22(3)19(14)20-18(24)11-17-13-23(9-10-25-17)12-16-7-5-4-6-8-16/h4-8,17H,9-13H2,1-3H3,(H,20,24)/t17-/m0/s1. The Balaban J connectivity index is 1.54. The van der Waals surface area contributed by atoms with Crippen molar-refractivity contribution >= 4 is 11.7 Å². The number of benzene rings is 1. The third-order valence-electron chi connectivity index (χ3n) is 4.66. The molecule has 1 saturated heterocycles. The maximum absolute atomic E-state index is 12.4. The Morgan fingerprint density at radius 2 is 2.08 bits per heavy atom. The molecule has 1 atom stereocenters. The van der Waals surface area contributed by atoms with Gasteiger partial charge in [-0.05, 0) is 19.4 Å². The Hall–Kier alpha value is -2.18. The van der Waals surface area contributed by atoms with Gasteiger partial charge in [0.05, 0.1) is 24.8 Å². The minimum absolute atomic E-state index is 0.0299. The van der Waals surface area contributed by atoms with Gasteiger partial charge in [0.15, 0.2) is 0 Å². The van der Waals surface area contributed by atoms with Crippen molar-refractivity contribution in [2.45, 2.75) is 32.9 Å². The van der Waals surface area contributed by atoms with Crippen molar-refractivity contribution in [3.05, 3.63) is 47.2 Å². The molecule has 1 aliphatic rings. The SMILES string of the molecule is Cc1nn(C)c(NC(=O)C[C@H]2CN(Cc3ccccc3)CCO2)c1C. The van der Waals surface area contributed by atoms with Crippen LogP contribution in [-0.4, -0.2) is 46.4 Å². The van der Waals surface area contributed by atoms with Crippen LogP contribution in [0.25, 0.3) is 0 Å². The van der Waals surface area contributed by atoms with E-state index in [1.54, 1.807) is 4.68 Å². The summed E-state index contributed by atoms with van der Waals surface area (Å²) < 4.78 is 7.51. The molecule has 25 heavy (non-hydrogen) atoms. The second kappa shape index (κ2) is 7.80. The molecule has 1 fully saturated rings. The third kappa shape index (κ3) is 4.46. The lowest BCUT2D eigenvalue weighted by Gasteiger charge is -2.32. The Bertz CT molecular complexity index is 727. The maximum Gasteiger partial charge on any atom is 0.228 e. The predicted octanol–water partition coefficient (Wildman–Crippen LogP) is 2.27. The molecule has 134 valence electrons. The first-order valence-corrected chi connectivity index (χ1v) is 8.71. The van der Waals surface area contributed by atoms with E-state index in [0.29, 0.717) is 13.0 Å². The lowest BCUT2D eigenvalue weighted by Crippen LogP contribution is -2.43. The number of carbonyl (C=O) groups is 1. The number of nitrogens with zero attached hydrogens (tertiary/aromatic N) is 3. The maximum atomic E-state index is 12.4. The van der Waals surface area contributed by atoms with Crippen LogP contribution in [0, 0.1) is 13.8 Å². The number of ether oxygens (including phenoxy) is 1. The van der Waals surface area contributed by atoms with E-state index in [0.717, 1.165) is 36.7 Å². The van der Waals surface area contributed by atoms with E-state index in [9.17, 15) is 4.79 Å². The zero-order valence-electron chi connectivity index (χ0n) is 15.2. The molecule has 0 unspecified atom stereocenters. The van der Waals surface area contributed by atoms with Gasteiger partial charge in [0, 0.05) is 32.2 Å². The second-order valence-corrected chi connectivity index (χ2v) is 6.65. The fourth-order valence-electron chi connectivity index (χ4n) is 3.22. The molecule has 2 heterocycles. The molecule has 1 aliphatic heterocycles. The van der Waals surface area contributed by atoms with Crippen LogP contribution in [0.15, 0.2) is 30.3 Å². The lowest BCUT2D eigenvalue weighted by atomic mass is 10.1. The molecule has 0 aliphatic carbocycles. The van der Waals surface area contributed by atoms with Gasteiger partial charge < -0.3 is 10.1 Å². The van der Waals surface area contributed by atoms with Crippen LogP contribution in [0.2, 0.25) is 0 Å². The number of hydrogen-bond acceptors (Lipinski definition) is 4. The average Bonchev–Trinajstić information content (AvgIpc) is 2.82. The number of aromatic nitrogens is 2. The molecular weight excluding hydrogens is 316 g/mol. The van der Waals surface area contributed by atoms with Gasteiger partial charge in [0.2, 0.25) is 5.91 Å². The summed E-state index contributed by atoms with van der Waals surface area (Å²) >= 11 is 0. The van der Waals surface area contributed by atoms with E-state index in [4.69, 9.17) is 4.74 Å². The van der Waals surface area contributed by atoms with Gasteiger partial charge in [-0.2, -0.15) is 5.10 Å². The van der Waals surface area contributed by atoms with Crippen molar-refractivity contribution in [2.75, 3.05) is 25.0 Å². The highest BCUT2D eigenvalue weighted by molar-refractivity contribution is 5.91. The molecule has 2 aromatic rings. The van der Waals surface area contributed by atoms with Crippen molar-refractivity contribution in [3.8, 4) is 0 Å². The molecular formula is C19H26N4O2. The molecule has 1 amide bonds. The van der Waals surface area contributed by atoms with Crippen LogP contribution < -0.4 is 5.32 Å². The van der Waals surface area contributed by atoms with Gasteiger partial charge in [-0.15, -0.1) is 0 Å². The van der Waals surface area contributed by atoms with E-state index < -0.39 is 0 Å². The number of hydrogen-bond donors (Lipinski definition) is 1. The fourth-order valence-corrected chi connectivity index (χ4v) is 3.22. The van der Waals surface area contributed by atoms with Gasteiger partial charge >= 0.3 is 0 Å². The summed E-state index contributed by atoms with van der Waals surface area (Å²) in [5, 5.41) is 7.31. The zero-order valence-corrected chi connectivity index (χ0v) is 15.2. The van der Waals surface area contributed by atoms with Gasteiger partial charge in [-0.1, -0.05) is 30.3 Å². The highest BCUT2D eigenvalue weighted by Gasteiger charge is 2.23. The Kier molecular flexibility index (Phi) is 5.50. The van der Waals surface area contributed by atoms with E-state index >= 15 is 0 Å².